The van der Waals surface area contributed by atoms with E-state index in [0.717, 1.165) is 17.7 Å². The topological polar surface area (TPSA) is 63.2 Å². The molecular formula is C15H14FNO3S. The molecule has 0 aliphatic carbocycles. The van der Waals surface area contributed by atoms with Crippen molar-refractivity contribution in [2.24, 2.45) is 0 Å². The standard InChI is InChI=1S/C15H14FNO3S/c1-11-2-8-14(9-3-11)21(19,20)15(17-10-18)12-4-6-13(16)7-5-12/h2-10,15H,1H3,(H,17,18)/t15-/m0/s1. The van der Waals surface area contributed by atoms with Crippen LogP contribution in [-0.2, 0) is 14.6 Å². The van der Waals surface area contributed by atoms with Gasteiger partial charge in [-0.25, -0.2) is 12.8 Å². The number of hydrogen-bond acceptors (Lipinski definition) is 3. The van der Waals surface area contributed by atoms with Crippen molar-refractivity contribution >= 4 is 16.2 Å². The van der Waals surface area contributed by atoms with Gasteiger partial charge in [-0.05, 0) is 36.8 Å². The molecular weight excluding hydrogens is 293 g/mol. The number of nitrogens with one attached hydrogen (secondary N) is 1. The molecule has 0 heterocycles. The van der Waals surface area contributed by atoms with Gasteiger partial charge in [0.25, 0.3) is 0 Å². The molecule has 0 radical (unpaired) electrons. The Morgan fingerprint density at radius 3 is 2.14 bits per heavy atom. The average Bonchev–Trinajstić information content (AvgIpc) is 2.46. The Morgan fingerprint density at radius 2 is 1.62 bits per heavy atom. The summed E-state index contributed by atoms with van der Waals surface area (Å²) in [4.78, 5) is 10.8. The van der Waals surface area contributed by atoms with Gasteiger partial charge in [-0.3, -0.25) is 4.79 Å². The third-order valence-corrected chi connectivity index (χ3v) is 5.01. The Kier molecular flexibility index (Phi) is 4.37. The molecule has 0 spiro atoms. The van der Waals surface area contributed by atoms with Gasteiger partial charge in [0.15, 0.2) is 5.37 Å². The molecule has 0 saturated carbocycles. The fraction of sp³-hybridized carbons (Fsp3) is 0.133. The maximum Gasteiger partial charge on any atom is 0.208 e. The smallest absolute Gasteiger partial charge is 0.208 e. The predicted molar refractivity (Wildman–Crippen MR) is 76.7 cm³/mol. The fourth-order valence-electron chi connectivity index (χ4n) is 1.93. The highest BCUT2D eigenvalue weighted by atomic mass is 32.2. The van der Waals surface area contributed by atoms with Gasteiger partial charge in [0.1, 0.15) is 5.82 Å². The summed E-state index contributed by atoms with van der Waals surface area (Å²) in [6, 6.07) is 11.3. The minimum absolute atomic E-state index is 0.0942. The zero-order valence-electron chi connectivity index (χ0n) is 11.3. The van der Waals surface area contributed by atoms with E-state index in [4.69, 9.17) is 0 Å². The summed E-state index contributed by atoms with van der Waals surface area (Å²) >= 11 is 0. The molecule has 0 aliphatic heterocycles. The monoisotopic (exact) mass is 307 g/mol. The molecule has 1 atom stereocenters. The second kappa shape index (κ2) is 6.05. The zero-order chi connectivity index (χ0) is 15.5. The maximum atomic E-state index is 13.0. The first kappa shape index (κ1) is 15.2. The summed E-state index contributed by atoms with van der Waals surface area (Å²) in [5, 5.41) is 1.03. The molecule has 0 aliphatic rings. The third kappa shape index (κ3) is 3.28. The number of aryl methyl sites for hydroxylation is 1. The van der Waals surface area contributed by atoms with Crippen LogP contribution in [0.15, 0.2) is 53.4 Å². The number of benzene rings is 2. The molecule has 0 fully saturated rings. The van der Waals surface area contributed by atoms with Gasteiger partial charge in [-0.15, -0.1) is 0 Å². The molecule has 2 aromatic rings. The highest BCUT2D eigenvalue weighted by Crippen LogP contribution is 2.26. The van der Waals surface area contributed by atoms with Crippen molar-refractivity contribution in [1.82, 2.24) is 5.32 Å². The highest BCUT2D eigenvalue weighted by molar-refractivity contribution is 7.91. The van der Waals surface area contributed by atoms with Crippen molar-refractivity contribution in [3.8, 4) is 0 Å². The number of halogens is 1. The second-order valence-electron chi connectivity index (χ2n) is 4.57. The van der Waals surface area contributed by atoms with Crippen molar-refractivity contribution in [1.29, 1.82) is 0 Å². The Labute approximate surface area is 122 Å². The van der Waals surface area contributed by atoms with Crippen LogP contribution >= 0.6 is 0 Å². The van der Waals surface area contributed by atoms with E-state index in [1.165, 1.54) is 24.3 Å². The number of amides is 1. The van der Waals surface area contributed by atoms with Crippen molar-refractivity contribution in [2.75, 3.05) is 0 Å². The van der Waals surface area contributed by atoms with Crippen LogP contribution in [-0.4, -0.2) is 14.8 Å². The maximum absolute atomic E-state index is 13.0. The van der Waals surface area contributed by atoms with E-state index in [1.54, 1.807) is 12.1 Å². The van der Waals surface area contributed by atoms with Crippen LogP contribution < -0.4 is 5.32 Å². The van der Waals surface area contributed by atoms with Gasteiger partial charge in [0.2, 0.25) is 16.2 Å². The van der Waals surface area contributed by atoms with Crippen LogP contribution in [0.25, 0.3) is 0 Å². The first-order valence-electron chi connectivity index (χ1n) is 6.21. The molecule has 0 bridgehead atoms. The Balaban J connectivity index is 2.47. The number of sulfone groups is 1. The number of rotatable bonds is 5. The molecule has 2 aromatic carbocycles. The first-order chi connectivity index (χ1) is 9.95. The van der Waals surface area contributed by atoms with Gasteiger partial charge >= 0.3 is 0 Å². The highest BCUT2D eigenvalue weighted by Gasteiger charge is 2.28. The minimum Gasteiger partial charge on any atom is -0.338 e. The van der Waals surface area contributed by atoms with Gasteiger partial charge in [-0.2, -0.15) is 0 Å². The summed E-state index contributed by atoms with van der Waals surface area (Å²) in [6.45, 7) is 1.84. The lowest BCUT2D eigenvalue weighted by Crippen LogP contribution is -2.28. The van der Waals surface area contributed by atoms with Crippen LogP contribution in [0.1, 0.15) is 16.5 Å². The normalized spacial score (nSPS) is 12.7. The Morgan fingerprint density at radius 1 is 1.05 bits per heavy atom. The number of carbonyl (C=O) groups is 1. The fourth-order valence-corrected chi connectivity index (χ4v) is 3.47. The molecule has 21 heavy (non-hydrogen) atoms. The van der Waals surface area contributed by atoms with Crippen LogP contribution in [0.5, 0.6) is 0 Å². The van der Waals surface area contributed by atoms with E-state index >= 15 is 0 Å². The minimum atomic E-state index is -3.81. The average molecular weight is 307 g/mol. The summed E-state index contributed by atoms with van der Waals surface area (Å²) in [5.41, 5.74) is 1.22. The molecule has 1 N–H and O–H groups in total. The zero-order valence-corrected chi connectivity index (χ0v) is 12.1. The molecule has 2 rings (SSSR count). The van der Waals surface area contributed by atoms with Crippen LogP contribution in [0, 0.1) is 12.7 Å². The van der Waals surface area contributed by atoms with Gasteiger partial charge in [0.05, 0.1) is 4.90 Å². The summed E-state index contributed by atoms with van der Waals surface area (Å²) in [7, 11) is -3.81. The molecule has 110 valence electrons. The summed E-state index contributed by atoms with van der Waals surface area (Å²) in [6.07, 6.45) is 0.319. The molecule has 6 heteroatoms. The van der Waals surface area contributed by atoms with E-state index < -0.39 is 21.0 Å². The predicted octanol–water partition coefficient (Wildman–Crippen LogP) is 2.35. The van der Waals surface area contributed by atoms with Crippen molar-refractivity contribution in [3.05, 3.63) is 65.5 Å². The lowest BCUT2D eigenvalue weighted by atomic mass is 10.2. The van der Waals surface area contributed by atoms with E-state index in [0.29, 0.717) is 12.0 Å². The van der Waals surface area contributed by atoms with Crippen molar-refractivity contribution < 1.29 is 17.6 Å². The van der Waals surface area contributed by atoms with Gasteiger partial charge in [0, 0.05) is 0 Å². The van der Waals surface area contributed by atoms with E-state index in [-0.39, 0.29) is 4.90 Å². The summed E-state index contributed by atoms with van der Waals surface area (Å²) < 4.78 is 38.2. The van der Waals surface area contributed by atoms with Crippen molar-refractivity contribution in [2.45, 2.75) is 17.2 Å². The number of hydrogen-bond donors (Lipinski definition) is 1. The summed E-state index contributed by atoms with van der Waals surface area (Å²) in [5.74, 6) is -0.476. The van der Waals surface area contributed by atoms with Gasteiger partial charge < -0.3 is 5.32 Å². The second-order valence-corrected chi connectivity index (χ2v) is 6.61. The van der Waals surface area contributed by atoms with Gasteiger partial charge in [-0.1, -0.05) is 29.8 Å². The largest absolute Gasteiger partial charge is 0.338 e. The Bertz CT molecular complexity index is 725. The van der Waals surface area contributed by atoms with Crippen LogP contribution in [0.4, 0.5) is 4.39 Å². The molecule has 0 unspecified atom stereocenters. The molecule has 0 aromatic heterocycles. The van der Waals surface area contributed by atoms with E-state index in [2.05, 4.69) is 5.32 Å². The molecule has 4 nitrogen and oxygen atoms in total. The van der Waals surface area contributed by atoms with Crippen LogP contribution in [0.2, 0.25) is 0 Å². The number of carbonyl (C=O) groups excluding carboxylic acids is 1. The van der Waals surface area contributed by atoms with E-state index in [9.17, 15) is 17.6 Å². The lowest BCUT2D eigenvalue weighted by molar-refractivity contribution is -0.109. The van der Waals surface area contributed by atoms with E-state index in [1.807, 2.05) is 6.92 Å². The quantitative estimate of drug-likeness (QED) is 0.863. The Hall–Kier alpha value is -2.21. The SMILES string of the molecule is Cc1ccc(S(=O)(=O)[C@H](NC=O)c2ccc(F)cc2)cc1. The third-order valence-electron chi connectivity index (χ3n) is 3.05. The van der Waals surface area contributed by atoms with Crippen LogP contribution in [0.3, 0.4) is 0 Å². The lowest BCUT2D eigenvalue weighted by Gasteiger charge is -2.17. The first-order valence-corrected chi connectivity index (χ1v) is 7.75. The molecule has 0 saturated heterocycles. The molecule has 1 amide bonds. The van der Waals surface area contributed by atoms with Crippen molar-refractivity contribution in [3.63, 3.8) is 0 Å².